The van der Waals surface area contributed by atoms with Crippen molar-refractivity contribution >= 4 is 27.6 Å². The summed E-state index contributed by atoms with van der Waals surface area (Å²) >= 11 is 0. The van der Waals surface area contributed by atoms with Crippen LogP contribution in [0, 0.1) is 5.82 Å². The van der Waals surface area contributed by atoms with E-state index in [9.17, 15) is 22.4 Å². The fourth-order valence-electron chi connectivity index (χ4n) is 1.93. The van der Waals surface area contributed by atoms with Crippen LogP contribution in [-0.4, -0.2) is 32.9 Å². The molecule has 1 amide bonds. The van der Waals surface area contributed by atoms with E-state index >= 15 is 0 Å². The Labute approximate surface area is 150 Å². The molecule has 0 fully saturated rings. The molecule has 0 saturated carbocycles. The molecule has 0 aliphatic rings. The Morgan fingerprint density at radius 2 is 1.81 bits per heavy atom. The number of hydrogen-bond donors (Lipinski definition) is 2. The summed E-state index contributed by atoms with van der Waals surface area (Å²) < 4.78 is 44.0. The summed E-state index contributed by atoms with van der Waals surface area (Å²) in [4.78, 5) is 23.4. The van der Waals surface area contributed by atoms with Crippen molar-refractivity contribution in [2.45, 2.75) is 17.9 Å². The van der Waals surface area contributed by atoms with Gasteiger partial charge in [0.2, 0.25) is 10.0 Å². The van der Waals surface area contributed by atoms with E-state index in [1.54, 1.807) is 30.3 Å². The highest BCUT2D eigenvalue weighted by Crippen LogP contribution is 2.10. The van der Waals surface area contributed by atoms with E-state index in [1.165, 1.54) is 19.1 Å². The molecule has 0 radical (unpaired) electrons. The van der Waals surface area contributed by atoms with Crippen LogP contribution < -0.4 is 10.0 Å². The minimum absolute atomic E-state index is 0.319. The molecule has 0 heterocycles. The number of para-hydroxylation sites is 1. The number of amides is 1. The highest BCUT2D eigenvalue weighted by atomic mass is 32.2. The van der Waals surface area contributed by atoms with Gasteiger partial charge >= 0.3 is 5.97 Å². The summed E-state index contributed by atoms with van der Waals surface area (Å²) in [5.41, 5.74) is 0.534. The van der Waals surface area contributed by atoms with Gasteiger partial charge in [0.15, 0.2) is 6.10 Å². The van der Waals surface area contributed by atoms with Gasteiger partial charge in [-0.05, 0) is 37.3 Å². The molecule has 0 saturated heterocycles. The van der Waals surface area contributed by atoms with Gasteiger partial charge in [-0.15, -0.1) is 0 Å². The van der Waals surface area contributed by atoms with Gasteiger partial charge in [0.1, 0.15) is 12.4 Å². The van der Waals surface area contributed by atoms with Crippen LogP contribution in [-0.2, 0) is 24.3 Å². The first-order chi connectivity index (χ1) is 12.3. The Kier molecular flexibility index (Phi) is 6.42. The molecule has 2 aromatic carbocycles. The van der Waals surface area contributed by atoms with Gasteiger partial charge in [-0.2, -0.15) is 4.72 Å². The van der Waals surface area contributed by atoms with Crippen LogP contribution in [0.3, 0.4) is 0 Å². The van der Waals surface area contributed by atoms with E-state index in [0.717, 1.165) is 12.1 Å². The van der Waals surface area contributed by atoms with Gasteiger partial charge in [0.25, 0.3) is 5.91 Å². The fourth-order valence-corrected chi connectivity index (χ4v) is 2.93. The molecule has 0 aromatic heterocycles. The van der Waals surface area contributed by atoms with Gasteiger partial charge in [-0.3, -0.25) is 9.59 Å². The topological polar surface area (TPSA) is 102 Å². The first kappa shape index (κ1) is 19.5. The molecule has 2 aromatic rings. The van der Waals surface area contributed by atoms with E-state index in [1.807, 2.05) is 4.72 Å². The third-order valence-electron chi connectivity index (χ3n) is 3.23. The molecule has 2 N–H and O–H groups in total. The summed E-state index contributed by atoms with van der Waals surface area (Å²) in [7, 11) is -4.07. The van der Waals surface area contributed by atoms with Crippen molar-refractivity contribution in [3.8, 4) is 0 Å². The fraction of sp³-hybridized carbons (Fsp3) is 0.176. The third kappa shape index (κ3) is 5.64. The molecule has 7 nitrogen and oxygen atoms in total. The van der Waals surface area contributed by atoms with Gasteiger partial charge in [-0.25, -0.2) is 12.8 Å². The standard InChI is InChI=1S/C17H17FN2O5S/c1-12(17(22)20-14-7-3-2-4-8-14)25-16(21)11-19-26(23,24)15-9-5-6-13(18)10-15/h2-10,12,19H,11H2,1H3,(H,20,22)/t12-/m0/s1. The third-order valence-corrected chi connectivity index (χ3v) is 4.63. The summed E-state index contributed by atoms with van der Waals surface area (Å²) in [5.74, 6) is -2.22. The summed E-state index contributed by atoms with van der Waals surface area (Å²) in [6, 6.07) is 12.9. The molecule has 9 heteroatoms. The zero-order valence-corrected chi connectivity index (χ0v) is 14.6. The molecule has 26 heavy (non-hydrogen) atoms. The lowest BCUT2D eigenvalue weighted by Crippen LogP contribution is -2.35. The molecule has 1 atom stereocenters. The number of sulfonamides is 1. The predicted molar refractivity (Wildman–Crippen MR) is 92.2 cm³/mol. The zero-order valence-electron chi connectivity index (χ0n) is 13.8. The van der Waals surface area contributed by atoms with Gasteiger partial charge in [0.05, 0.1) is 4.90 Å². The van der Waals surface area contributed by atoms with E-state index in [2.05, 4.69) is 5.32 Å². The first-order valence-electron chi connectivity index (χ1n) is 7.58. The number of benzene rings is 2. The molecule has 0 unspecified atom stereocenters. The number of nitrogens with one attached hydrogen (secondary N) is 2. The van der Waals surface area contributed by atoms with Crippen LogP contribution in [0.2, 0.25) is 0 Å². The summed E-state index contributed by atoms with van der Waals surface area (Å²) in [6.07, 6.45) is -1.12. The van der Waals surface area contributed by atoms with Crippen molar-refractivity contribution in [2.75, 3.05) is 11.9 Å². The van der Waals surface area contributed by atoms with E-state index in [0.29, 0.717) is 5.69 Å². The second-order valence-corrected chi connectivity index (χ2v) is 7.04. The van der Waals surface area contributed by atoms with Crippen molar-refractivity contribution in [3.05, 3.63) is 60.4 Å². The Hall–Kier alpha value is -2.78. The molecule has 0 bridgehead atoms. The maximum absolute atomic E-state index is 13.1. The lowest BCUT2D eigenvalue weighted by molar-refractivity contribution is -0.151. The smallest absolute Gasteiger partial charge is 0.321 e. The maximum Gasteiger partial charge on any atom is 0.321 e. The molecule has 0 aliphatic heterocycles. The van der Waals surface area contributed by atoms with Gasteiger partial charge < -0.3 is 10.1 Å². The van der Waals surface area contributed by atoms with Crippen molar-refractivity contribution < 1.29 is 27.1 Å². The quantitative estimate of drug-likeness (QED) is 0.712. The van der Waals surface area contributed by atoms with E-state index < -0.39 is 40.4 Å². The maximum atomic E-state index is 13.1. The predicted octanol–water partition coefficient (Wildman–Crippen LogP) is 1.67. The zero-order chi connectivity index (χ0) is 19.2. The number of rotatable bonds is 7. The van der Waals surface area contributed by atoms with Crippen molar-refractivity contribution in [1.82, 2.24) is 4.72 Å². The lowest BCUT2D eigenvalue weighted by Gasteiger charge is -2.14. The van der Waals surface area contributed by atoms with E-state index in [-0.39, 0.29) is 4.90 Å². The number of ether oxygens (including phenoxy) is 1. The van der Waals surface area contributed by atoms with Crippen molar-refractivity contribution in [3.63, 3.8) is 0 Å². The number of carbonyl (C=O) groups excluding carboxylic acids is 2. The van der Waals surface area contributed by atoms with Crippen molar-refractivity contribution in [1.29, 1.82) is 0 Å². The minimum atomic E-state index is -4.07. The Morgan fingerprint density at radius 1 is 1.12 bits per heavy atom. The molecule has 0 aliphatic carbocycles. The van der Waals surface area contributed by atoms with E-state index in [4.69, 9.17) is 4.74 Å². The Morgan fingerprint density at radius 3 is 2.46 bits per heavy atom. The summed E-state index contributed by atoms with van der Waals surface area (Å²) in [5, 5.41) is 2.55. The number of hydrogen-bond acceptors (Lipinski definition) is 5. The second kappa shape index (κ2) is 8.54. The number of anilines is 1. The molecular formula is C17H17FN2O5S. The average Bonchev–Trinajstić information content (AvgIpc) is 2.61. The van der Waals surface area contributed by atoms with Crippen LogP contribution in [0.5, 0.6) is 0 Å². The average molecular weight is 380 g/mol. The monoisotopic (exact) mass is 380 g/mol. The second-order valence-electron chi connectivity index (χ2n) is 5.27. The highest BCUT2D eigenvalue weighted by molar-refractivity contribution is 7.89. The summed E-state index contributed by atoms with van der Waals surface area (Å²) in [6.45, 7) is 0.666. The minimum Gasteiger partial charge on any atom is -0.452 e. The normalized spacial score (nSPS) is 12.2. The Bertz CT molecular complexity index is 887. The number of halogens is 1. The molecular weight excluding hydrogens is 363 g/mol. The first-order valence-corrected chi connectivity index (χ1v) is 9.07. The number of carbonyl (C=O) groups is 2. The van der Waals surface area contributed by atoms with Crippen LogP contribution in [0.15, 0.2) is 59.5 Å². The van der Waals surface area contributed by atoms with Crippen molar-refractivity contribution in [2.24, 2.45) is 0 Å². The number of esters is 1. The lowest BCUT2D eigenvalue weighted by atomic mass is 10.3. The van der Waals surface area contributed by atoms with Crippen LogP contribution in [0.25, 0.3) is 0 Å². The van der Waals surface area contributed by atoms with Gasteiger partial charge in [-0.1, -0.05) is 24.3 Å². The van der Waals surface area contributed by atoms with Crippen LogP contribution in [0.4, 0.5) is 10.1 Å². The van der Waals surface area contributed by atoms with Crippen LogP contribution >= 0.6 is 0 Å². The van der Waals surface area contributed by atoms with Crippen LogP contribution in [0.1, 0.15) is 6.92 Å². The highest BCUT2D eigenvalue weighted by Gasteiger charge is 2.21. The molecule has 138 valence electrons. The SMILES string of the molecule is C[C@H](OC(=O)CNS(=O)(=O)c1cccc(F)c1)C(=O)Nc1ccccc1. The van der Waals surface area contributed by atoms with Gasteiger partial charge in [0, 0.05) is 5.69 Å². The Balaban J connectivity index is 1.87. The molecule has 2 rings (SSSR count). The molecule has 0 spiro atoms. The largest absolute Gasteiger partial charge is 0.452 e.